The highest BCUT2D eigenvalue weighted by Crippen LogP contribution is 2.64. The molecule has 0 aromatic heterocycles. The fourth-order valence-corrected chi connectivity index (χ4v) is 8.79. The highest BCUT2D eigenvalue weighted by molar-refractivity contribution is 6.17. The van der Waals surface area contributed by atoms with Crippen molar-refractivity contribution in [3.05, 3.63) is 179 Å². The summed E-state index contributed by atoms with van der Waals surface area (Å²) in [6.07, 6.45) is 7.57. The molecule has 2 atom stereocenters. The van der Waals surface area contributed by atoms with Crippen LogP contribution in [-0.4, -0.2) is 12.8 Å². The topological polar surface area (TPSA) is 12.4 Å². The van der Waals surface area contributed by atoms with Gasteiger partial charge in [0.05, 0.1) is 11.5 Å². The molecule has 0 heterocycles. The number of benzene rings is 6. The quantitative estimate of drug-likeness (QED) is 0.153. The Labute approximate surface area is 252 Å². The predicted molar refractivity (Wildman–Crippen MR) is 180 cm³/mol. The van der Waals surface area contributed by atoms with Crippen LogP contribution in [0.2, 0.25) is 0 Å². The fraction of sp³-hybridized carbons (Fsp3) is 0.119. The van der Waals surface area contributed by atoms with E-state index in [0.29, 0.717) is 0 Å². The van der Waals surface area contributed by atoms with Crippen molar-refractivity contribution in [3.8, 4) is 11.1 Å². The fourth-order valence-electron chi connectivity index (χ4n) is 8.79. The zero-order chi connectivity index (χ0) is 28.8. The van der Waals surface area contributed by atoms with Crippen LogP contribution in [0.15, 0.2) is 150 Å². The van der Waals surface area contributed by atoms with E-state index in [1.54, 1.807) is 0 Å². The molecule has 0 N–H and O–H groups in total. The Kier molecular flexibility index (Phi) is 5.00. The van der Waals surface area contributed by atoms with Gasteiger partial charge in [0.15, 0.2) is 0 Å². The minimum atomic E-state index is -0.411. The van der Waals surface area contributed by atoms with Gasteiger partial charge in [-0.15, -0.1) is 0 Å². The molecular weight excluding hydrogens is 518 g/mol. The van der Waals surface area contributed by atoms with Crippen LogP contribution >= 0.6 is 0 Å². The molecule has 0 amide bonds. The molecule has 0 saturated carbocycles. The average molecular weight is 550 g/mol. The largest absolute Gasteiger partial charge is 0.293 e. The third-order valence-corrected chi connectivity index (χ3v) is 10.6. The van der Waals surface area contributed by atoms with E-state index < -0.39 is 5.41 Å². The molecule has 43 heavy (non-hydrogen) atoms. The minimum Gasteiger partial charge on any atom is -0.293 e. The third kappa shape index (κ3) is 2.95. The predicted octanol–water partition coefficient (Wildman–Crippen LogP) is 9.93. The van der Waals surface area contributed by atoms with Crippen molar-refractivity contribution < 1.29 is 0 Å². The zero-order valence-electron chi connectivity index (χ0n) is 24.2. The highest BCUT2D eigenvalue weighted by atomic mass is 14.8. The van der Waals surface area contributed by atoms with Crippen LogP contribution in [0.3, 0.4) is 0 Å². The van der Waals surface area contributed by atoms with E-state index in [4.69, 9.17) is 0 Å². The van der Waals surface area contributed by atoms with E-state index in [1.807, 2.05) is 0 Å². The van der Waals surface area contributed by atoms with E-state index in [9.17, 15) is 0 Å². The molecule has 0 radical (unpaired) electrons. The summed E-state index contributed by atoms with van der Waals surface area (Å²) in [6.45, 7) is 6.45. The summed E-state index contributed by atoms with van der Waals surface area (Å²) in [5.41, 5.74) is 11.3. The van der Waals surface area contributed by atoms with Gasteiger partial charge in [-0.2, -0.15) is 0 Å². The Morgan fingerprint density at radius 1 is 0.674 bits per heavy atom. The number of allylic oxidation sites excluding steroid dienone is 2. The summed E-state index contributed by atoms with van der Waals surface area (Å²) in [5, 5.41) is 5.41. The Bertz CT molecular complexity index is 2140. The van der Waals surface area contributed by atoms with Crippen LogP contribution in [0, 0.1) is 0 Å². The second-order valence-corrected chi connectivity index (χ2v) is 12.4. The molecule has 1 spiro atoms. The summed E-state index contributed by atoms with van der Waals surface area (Å²) >= 11 is 0. The molecule has 3 aliphatic rings. The van der Waals surface area contributed by atoms with Crippen molar-refractivity contribution in [3.63, 3.8) is 0 Å². The van der Waals surface area contributed by atoms with Gasteiger partial charge in [0, 0.05) is 5.41 Å². The molecule has 204 valence electrons. The van der Waals surface area contributed by atoms with Crippen molar-refractivity contribution in [2.24, 2.45) is 4.99 Å². The third-order valence-electron chi connectivity index (χ3n) is 10.6. The Hall–Kier alpha value is -5.01. The maximum atomic E-state index is 4.66. The van der Waals surface area contributed by atoms with Gasteiger partial charge in [0.1, 0.15) is 0 Å². The molecule has 0 bridgehead atoms. The first-order valence-corrected chi connectivity index (χ1v) is 15.3. The van der Waals surface area contributed by atoms with Crippen LogP contribution < -0.4 is 0 Å². The second kappa shape index (κ2) is 8.75. The van der Waals surface area contributed by atoms with Gasteiger partial charge in [0.2, 0.25) is 0 Å². The first-order valence-electron chi connectivity index (χ1n) is 15.3. The SMILES string of the molecule is C=NC1CC=CC=C1C(C)(c1ccccc1)c1cccc2c1-c1ccccc1C21c2cccc3ccc4cccc1c4c23. The van der Waals surface area contributed by atoms with Gasteiger partial charge >= 0.3 is 0 Å². The normalized spacial score (nSPS) is 18.5. The molecule has 6 aromatic carbocycles. The lowest BCUT2D eigenvalue weighted by atomic mass is 9.64. The van der Waals surface area contributed by atoms with E-state index in [-0.39, 0.29) is 11.5 Å². The average Bonchev–Trinajstić information content (AvgIpc) is 3.56. The van der Waals surface area contributed by atoms with Crippen LogP contribution in [0.4, 0.5) is 0 Å². The molecule has 9 rings (SSSR count). The number of aliphatic imine (C=N–C) groups is 1. The van der Waals surface area contributed by atoms with E-state index in [0.717, 1.165) is 6.42 Å². The summed E-state index contributed by atoms with van der Waals surface area (Å²) in [5.74, 6) is 0. The van der Waals surface area contributed by atoms with E-state index >= 15 is 0 Å². The molecule has 0 fully saturated rings. The molecule has 0 saturated heterocycles. The highest BCUT2D eigenvalue weighted by Gasteiger charge is 2.52. The Morgan fingerprint density at radius 2 is 1.30 bits per heavy atom. The van der Waals surface area contributed by atoms with Crippen molar-refractivity contribution >= 4 is 28.3 Å². The van der Waals surface area contributed by atoms with Crippen LogP contribution in [0.25, 0.3) is 32.7 Å². The smallest absolute Gasteiger partial charge is 0.0751 e. The summed E-state index contributed by atoms with van der Waals surface area (Å²) in [4.78, 5) is 4.66. The zero-order valence-corrected chi connectivity index (χ0v) is 24.2. The van der Waals surface area contributed by atoms with Gasteiger partial charge in [-0.3, -0.25) is 4.99 Å². The van der Waals surface area contributed by atoms with Gasteiger partial charge in [0.25, 0.3) is 0 Å². The van der Waals surface area contributed by atoms with Gasteiger partial charge in [-0.25, -0.2) is 0 Å². The lowest BCUT2D eigenvalue weighted by molar-refractivity contribution is 0.591. The standard InChI is InChI=1S/C42H31N/c1-41(29-15-4-3-5-16-29,32-19-8-9-24-37(32)43-2)33-20-12-23-36-40(33)30-17-6-7-18-31(30)42(36)34-21-10-13-27-25-26-28-14-11-22-35(42)39(28)38(27)34/h3-23,25-26,37H,2,24H2,1H3. The first kappa shape index (κ1) is 24.6. The van der Waals surface area contributed by atoms with Crippen LogP contribution in [-0.2, 0) is 10.8 Å². The summed E-state index contributed by atoms with van der Waals surface area (Å²) in [7, 11) is 0. The number of hydrogen-bond acceptors (Lipinski definition) is 1. The number of fused-ring (bicyclic) bond motifs is 7. The van der Waals surface area contributed by atoms with Crippen molar-refractivity contribution in [1.82, 2.24) is 0 Å². The van der Waals surface area contributed by atoms with Gasteiger partial charge in [-0.05, 0) is 91.7 Å². The maximum Gasteiger partial charge on any atom is 0.0751 e. The molecule has 3 aliphatic carbocycles. The van der Waals surface area contributed by atoms with Crippen molar-refractivity contribution in [2.75, 3.05) is 0 Å². The number of nitrogens with zero attached hydrogens (tertiary/aromatic N) is 1. The first-order chi connectivity index (χ1) is 21.2. The van der Waals surface area contributed by atoms with Gasteiger partial charge in [-0.1, -0.05) is 140 Å². The van der Waals surface area contributed by atoms with E-state index in [2.05, 4.69) is 158 Å². The lowest BCUT2D eigenvalue weighted by Gasteiger charge is -2.39. The maximum absolute atomic E-state index is 4.66. The monoisotopic (exact) mass is 549 g/mol. The summed E-state index contributed by atoms with van der Waals surface area (Å²) in [6, 6.07) is 45.6. The van der Waals surface area contributed by atoms with Crippen molar-refractivity contribution in [2.45, 2.75) is 30.2 Å². The van der Waals surface area contributed by atoms with Crippen LogP contribution in [0.1, 0.15) is 46.7 Å². The van der Waals surface area contributed by atoms with Crippen molar-refractivity contribution in [1.29, 1.82) is 0 Å². The Balaban J connectivity index is 1.44. The lowest BCUT2D eigenvalue weighted by Crippen LogP contribution is -2.34. The second-order valence-electron chi connectivity index (χ2n) is 12.4. The number of hydrogen-bond donors (Lipinski definition) is 0. The minimum absolute atomic E-state index is 0.0231. The molecule has 1 heteroatoms. The summed E-state index contributed by atoms with van der Waals surface area (Å²) < 4.78 is 0. The molecular formula is C42H31N. The molecule has 6 aromatic rings. The number of rotatable bonds is 4. The van der Waals surface area contributed by atoms with Crippen LogP contribution in [0.5, 0.6) is 0 Å². The molecule has 2 unspecified atom stereocenters. The molecule has 0 aliphatic heterocycles. The Morgan fingerprint density at radius 3 is 2.02 bits per heavy atom. The van der Waals surface area contributed by atoms with Gasteiger partial charge < -0.3 is 0 Å². The molecule has 1 nitrogen and oxygen atoms in total. The van der Waals surface area contributed by atoms with E-state index in [1.165, 1.54) is 71.6 Å².